The van der Waals surface area contributed by atoms with Crippen LogP contribution in [-0.2, 0) is 4.79 Å². The number of hydrogen-bond acceptors (Lipinski definition) is 2. The number of nitrogens with two attached hydrogens (primary N) is 2. The minimum atomic E-state index is -0.106. The summed E-state index contributed by atoms with van der Waals surface area (Å²) in [5, 5.41) is 0. The fraction of sp³-hybridized carbons (Fsp3) is 0.941. The number of primary amides is 1. The molecule has 0 spiro atoms. The highest BCUT2D eigenvalue weighted by Crippen LogP contribution is 2.30. The van der Waals surface area contributed by atoms with E-state index in [4.69, 9.17) is 11.5 Å². The molecule has 4 N–H and O–H groups in total. The summed E-state index contributed by atoms with van der Waals surface area (Å²) in [4.78, 5) is 11.6. The lowest BCUT2D eigenvalue weighted by molar-refractivity contribution is -0.122. The van der Waals surface area contributed by atoms with Crippen LogP contribution in [0.2, 0.25) is 0 Å². The van der Waals surface area contributed by atoms with Crippen molar-refractivity contribution in [3.05, 3.63) is 0 Å². The van der Waals surface area contributed by atoms with E-state index in [2.05, 4.69) is 13.8 Å². The Morgan fingerprint density at radius 3 is 2.65 bits per heavy atom. The molecular weight excluding hydrogens is 248 g/mol. The molecule has 1 rings (SSSR count). The van der Waals surface area contributed by atoms with Gasteiger partial charge in [-0.05, 0) is 37.5 Å². The number of rotatable bonds is 7. The molecular formula is C17H34N2O. The second-order valence-corrected chi connectivity index (χ2v) is 6.96. The molecule has 4 atom stereocenters. The minimum absolute atomic E-state index is 0.0654. The first-order chi connectivity index (χ1) is 9.52. The molecule has 0 aliphatic heterocycles. The third-order valence-corrected chi connectivity index (χ3v) is 4.83. The van der Waals surface area contributed by atoms with Crippen molar-refractivity contribution >= 4 is 5.91 Å². The van der Waals surface area contributed by atoms with Crippen molar-refractivity contribution in [2.24, 2.45) is 29.2 Å². The average molecular weight is 282 g/mol. The van der Waals surface area contributed by atoms with Crippen LogP contribution in [0.4, 0.5) is 0 Å². The largest absolute Gasteiger partial charge is 0.369 e. The topological polar surface area (TPSA) is 69.1 Å². The normalized spacial score (nSPS) is 29.4. The van der Waals surface area contributed by atoms with Gasteiger partial charge in [-0.15, -0.1) is 0 Å². The van der Waals surface area contributed by atoms with Gasteiger partial charge in [-0.2, -0.15) is 0 Å². The SMILES string of the molecule is CCCCCC(CC1CCCC(C)CC(N)C1)C(N)=O. The van der Waals surface area contributed by atoms with Crippen LogP contribution in [0.15, 0.2) is 0 Å². The fourth-order valence-corrected chi connectivity index (χ4v) is 3.67. The summed E-state index contributed by atoms with van der Waals surface area (Å²) in [5.74, 6) is 1.31. The van der Waals surface area contributed by atoms with E-state index in [0.717, 1.165) is 38.0 Å². The summed E-state index contributed by atoms with van der Waals surface area (Å²) in [6.45, 7) is 4.49. The van der Waals surface area contributed by atoms with E-state index in [9.17, 15) is 4.79 Å². The number of amides is 1. The minimum Gasteiger partial charge on any atom is -0.369 e. The zero-order valence-electron chi connectivity index (χ0n) is 13.4. The molecule has 0 aromatic rings. The van der Waals surface area contributed by atoms with Crippen molar-refractivity contribution < 1.29 is 4.79 Å². The first kappa shape index (κ1) is 17.5. The van der Waals surface area contributed by atoms with E-state index >= 15 is 0 Å². The van der Waals surface area contributed by atoms with Crippen LogP contribution >= 0.6 is 0 Å². The molecule has 1 saturated carbocycles. The van der Waals surface area contributed by atoms with E-state index in [-0.39, 0.29) is 11.8 Å². The van der Waals surface area contributed by atoms with Crippen molar-refractivity contribution in [3.63, 3.8) is 0 Å². The highest BCUT2D eigenvalue weighted by molar-refractivity contribution is 5.76. The van der Waals surface area contributed by atoms with Gasteiger partial charge in [0.1, 0.15) is 0 Å². The predicted octanol–water partition coefficient (Wildman–Crippen LogP) is 3.60. The highest BCUT2D eigenvalue weighted by Gasteiger charge is 2.24. The summed E-state index contributed by atoms with van der Waals surface area (Å²) in [6.07, 6.45) is 11.4. The second kappa shape index (κ2) is 9.38. The standard InChI is InChI=1S/C17H34N2O/c1-3-4-5-9-15(17(19)20)11-14-8-6-7-13(2)10-16(18)12-14/h13-16H,3-12,18H2,1-2H3,(H2,19,20). The lowest BCUT2D eigenvalue weighted by atomic mass is 9.79. The van der Waals surface area contributed by atoms with E-state index < -0.39 is 0 Å². The fourth-order valence-electron chi connectivity index (χ4n) is 3.67. The molecule has 0 aromatic heterocycles. The van der Waals surface area contributed by atoms with E-state index in [0.29, 0.717) is 12.0 Å². The molecule has 1 aliphatic carbocycles. The summed E-state index contributed by atoms with van der Waals surface area (Å²) in [7, 11) is 0. The van der Waals surface area contributed by atoms with Crippen molar-refractivity contribution in [1.82, 2.24) is 0 Å². The summed E-state index contributed by atoms with van der Waals surface area (Å²) < 4.78 is 0. The lowest BCUT2D eigenvalue weighted by Gasteiger charge is -2.29. The Morgan fingerprint density at radius 1 is 1.25 bits per heavy atom. The van der Waals surface area contributed by atoms with E-state index in [1.165, 1.54) is 32.1 Å². The Bertz CT molecular complexity index is 280. The summed E-state index contributed by atoms with van der Waals surface area (Å²) >= 11 is 0. The molecule has 20 heavy (non-hydrogen) atoms. The first-order valence-electron chi connectivity index (χ1n) is 8.57. The molecule has 0 heterocycles. The van der Waals surface area contributed by atoms with Gasteiger partial charge in [0.25, 0.3) is 0 Å². The Morgan fingerprint density at radius 2 is 2.00 bits per heavy atom. The maximum absolute atomic E-state index is 11.6. The van der Waals surface area contributed by atoms with Gasteiger partial charge in [-0.1, -0.05) is 52.4 Å². The Labute approximate surface area is 124 Å². The summed E-state index contributed by atoms with van der Waals surface area (Å²) in [5.41, 5.74) is 11.8. The van der Waals surface area contributed by atoms with Gasteiger partial charge in [-0.25, -0.2) is 0 Å². The smallest absolute Gasteiger partial charge is 0.220 e. The first-order valence-corrected chi connectivity index (χ1v) is 8.57. The van der Waals surface area contributed by atoms with Gasteiger partial charge >= 0.3 is 0 Å². The zero-order valence-corrected chi connectivity index (χ0v) is 13.4. The van der Waals surface area contributed by atoms with Crippen molar-refractivity contribution in [2.75, 3.05) is 0 Å². The molecule has 4 unspecified atom stereocenters. The number of carbonyl (C=O) groups excluding carboxylic acids is 1. The molecule has 0 aromatic carbocycles. The Kier molecular flexibility index (Phi) is 8.20. The third kappa shape index (κ3) is 6.74. The average Bonchev–Trinajstić information content (AvgIpc) is 2.35. The van der Waals surface area contributed by atoms with E-state index in [1.54, 1.807) is 0 Å². The maximum atomic E-state index is 11.6. The molecule has 0 radical (unpaired) electrons. The lowest BCUT2D eigenvalue weighted by Crippen LogP contribution is -2.31. The van der Waals surface area contributed by atoms with Gasteiger partial charge in [0.15, 0.2) is 0 Å². The van der Waals surface area contributed by atoms with Crippen LogP contribution in [0, 0.1) is 17.8 Å². The maximum Gasteiger partial charge on any atom is 0.220 e. The van der Waals surface area contributed by atoms with Crippen LogP contribution in [0.25, 0.3) is 0 Å². The zero-order chi connectivity index (χ0) is 15.0. The van der Waals surface area contributed by atoms with Crippen LogP contribution in [0.3, 0.4) is 0 Å². The number of hydrogen-bond donors (Lipinski definition) is 2. The molecule has 1 amide bonds. The number of unbranched alkanes of at least 4 members (excludes halogenated alkanes) is 2. The molecule has 1 fully saturated rings. The highest BCUT2D eigenvalue weighted by atomic mass is 16.1. The van der Waals surface area contributed by atoms with Gasteiger partial charge < -0.3 is 11.5 Å². The number of carbonyl (C=O) groups is 1. The molecule has 3 nitrogen and oxygen atoms in total. The Balaban J connectivity index is 2.46. The van der Waals surface area contributed by atoms with Crippen molar-refractivity contribution in [3.8, 4) is 0 Å². The monoisotopic (exact) mass is 282 g/mol. The van der Waals surface area contributed by atoms with Crippen LogP contribution in [0.1, 0.15) is 78.1 Å². The van der Waals surface area contributed by atoms with Gasteiger partial charge in [-0.3, -0.25) is 4.79 Å². The second-order valence-electron chi connectivity index (χ2n) is 6.96. The van der Waals surface area contributed by atoms with Crippen molar-refractivity contribution in [2.45, 2.75) is 84.1 Å². The van der Waals surface area contributed by atoms with Gasteiger partial charge in [0.2, 0.25) is 5.91 Å². The molecule has 0 saturated heterocycles. The van der Waals surface area contributed by atoms with Crippen LogP contribution < -0.4 is 11.5 Å². The van der Waals surface area contributed by atoms with Gasteiger partial charge in [0, 0.05) is 12.0 Å². The predicted molar refractivity (Wildman–Crippen MR) is 85.2 cm³/mol. The van der Waals surface area contributed by atoms with Crippen LogP contribution in [-0.4, -0.2) is 11.9 Å². The van der Waals surface area contributed by atoms with E-state index in [1.807, 2.05) is 0 Å². The quantitative estimate of drug-likeness (QED) is 0.700. The Hall–Kier alpha value is -0.570. The molecule has 118 valence electrons. The van der Waals surface area contributed by atoms with Crippen molar-refractivity contribution in [1.29, 1.82) is 0 Å². The van der Waals surface area contributed by atoms with Crippen LogP contribution in [0.5, 0.6) is 0 Å². The third-order valence-electron chi connectivity index (χ3n) is 4.83. The molecule has 1 aliphatic rings. The molecule has 3 heteroatoms. The summed E-state index contributed by atoms with van der Waals surface area (Å²) in [6, 6.07) is 0.305. The van der Waals surface area contributed by atoms with Gasteiger partial charge in [0.05, 0.1) is 0 Å². The molecule has 0 bridgehead atoms.